The van der Waals surface area contributed by atoms with E-state index in [2.05, 4.69) is 5.32 Å². The second kappa shape index (κ2) is 5.86. The summed E-state index contributed by atoms with van der Waals surface area (Å²) < 4.78 is 18.1. The predicted molar refractivity (Wildman–Crippen MR) is 71.4 cm³/mol. The Morgan fingerprint density at radius 3 is 2.63 bits per heavy atom. The lowest BCUT2D eigenvalue weighted by molar-refractivity contribution is -0.118. The molecule has 5 heteroatoms. The van der Waals surface area contributed by atoms with E-state index in [9.17, 15) is 9.18 Å². The maximum atomic E-state index is 12.8. The van der Waals surface area contributed by atoms with Gasteiger partial charge >= 0.3 is 0 Å². The number of halogens is 1. The van der Waals surface area contributed by atoms with Gasteiger partial charge in [0.2, 0.25) is 0 Å². The molecule has 0 aliphatic rings. The van der Waals surface area contributed by atoms with Gasteiger partial charge in [-0.3, -0.25) is 4.79 Å². The molecule has 0 aromatic heterocycles. The summed E-state index contributed by atoms with van der Waals surface area (Å²) in [6.45, 7) is -0.138. The van der Waals surface area contributed by atoms with E-state index in [-0.39, 0.29) is 18.2 Å². The minimum Gasteiger partial charge on any atom is -0.484 e. The van der Waals surface area contributed by atoms with E-state index in [1.54, 1.807) is 12.1 Å². The van der Waals surface area contributed by atoms with Crippen molar-refractivity contribution in [3.63, 3.8) is 0 Å². The zero-order chi connectivity index (χ0) is 13.7. The number of hydrogen-bond donors (Lipinski definition) is 2. The van der Waals surface area contributed by atoms with Gasteiger partial charge in [0.1, 0.15) is 11.6 Å². The molecule has 0 atom stereocenters. The number of nitrogens with one attached hydrogen (secondary N) is 1. The zero-order valence-corrected chi connectivity index (χ0v) is 10.1. The van der Waals surface area contributed by atoms with Gasteiger partial charge in [-0.15, -0.1) is 0 Å². The number of benzene rings is 2. The molecule has 3 N–H and O–H groups in total. The van der Waals surface area contributed by atoms with Crippen molar-refractivity contribution in [2.45, 2.75) is 0 Å². The normalized spacial score (nSPS) is 9.95. The number of ether oxygens (including phenoxy) is 1. The fourth-order valence-electron chi connectivity index (χ4n) is 1.50. The van der Waals surface area contributed by atoms with Gasteiger partial charge in [0, 0.05) is 0 Å². The van der Waals surface area contributed by atoms with Crippen molar-refractivity contribution in [2.24, 2.45) is 0 Å². The van der Waals surface area contributed by atoms with Crippen molar-refractivity contribution < 1.29 is 13.9 Å². The van der Waals surface area contributed by atoms with Crippen LogP contribution in [-0.4, -0.2) is 12.5 Å². The first kappa shape index (κ1) is 12.9. The second-order valence-electron chi connectivity index (χ2n) is 3.88. The SMILES string of the molecule is Nc1cc(F)ccc1NC(=O)COc1ccccc1. The summed E-state index contributed by atoms with van der Waals surface area (Å²) in [5.74, 6) is -0.206. The fraction of sp³-hybridized carbons (Fsp3) is 0.0714. The molecule has 0 spiro atoms. The zero-order valence-electron chi connectivity index (χ0n) is 10.1. The van der Waals surface area contributed by atoms with Crippen molar-refractivity contribution in [1.82, 2.24) is 0 Å². The lowest BCUT2D eigenvalue weighted by Gasteiger charge is -2.09. The van der Waals surface area contributed by atoms with Crippen LogP contribution in [0.15, 0.2) is 48.5 Å². The molecule has 98 valence electrons. The summed E-state index contributed by atoms with van der Waals surface area (Å²) in [5, 5.41) is 2.55. The summed E-state index contributed by atoms with van der Waals surface area (Å²) in [4.78, 5) is 11.6. The highest BCUT2D eigenvalue weighted by atomic mass is 19.1. The molecule has 0 saturated carbocycles. The third-order valence-corrected chi connectivity index (χ3v) is 2.40. The lowest BCUT2D eigenvalue weighted by atomic mass is 10.2. The maximum Gasteiger partial charge on any atom is 0.262 e. The average molecular weight is 260 g/mol. The highest BCUT2D eigenvalue weighted by Crippen LogP contribution is 2.19. The highest BCUT2D eigenvalue weighted by molar-refractivity contribution is 5.94. The first-order chi connectivity index (χ1) is 9.15. The van der Waals surface area contributed by atoms with Crippen LogP contribution in [0.5, 0.6) is 5.75 Å². The Labute approximate surface area is 110 Å². The fourth-order valence-corrected chi connectivity index (χ4v) is 1.50. The van der Waals surface area contributed by atoms with Gasteiger partial charge < -0.3 is 15.8 Å². The Balaban J connectivity index is 1.91. The van der Waals surface area contributed by atoms with Crippen molar-refractivity contribution in [2.75, 3.05) is 17.7 Å². The highest BCUT2D eigenvalue weighted by Gasteiger charge is 2.06. The van der Waals surface area contributed by atoms with Crippen LogP contribution in [0.25, 0.3) is 0 Å². The number of para-hydroxylation sites is 1. The van der Waals surface area contributed by atoms with E-state index < -0.39 is 5.82 Å². The van der Waals surface area contributed by atoms with Crippen LogP contribution in [0.3, 0.4) is 0 Å². The van der Waals surface area contributed by atoms with Gasteiger partial charge in [0.05, 0.1) is 11.4 Å². The number of amides is 1. The van der Waals surface area contributed by atoms with Crippen molar-refractivity contribution in [3.05, 3.63) is 54.3 Å². The molecule has 1 amide bonds. The Hall–Kier alpha value is -2.56. The van der Waals surface area contributed by atoms with E-state index in [4.69, 9.17) is 10.5 Å². The Bertz CT molecular complexity index is 573. The molecule has 19 heavy (non-hydrogen) atoms. The minimum absolute atomic E-state index is 0.138. The summed E-state index contributed by atoms with van der Waals surface area (Å²) in [6.07, 6.45) is 0. The van der Waals surface area contributed by atoms with E-state index in [0.717, 1.165) is 6.07 Å². The Morgan fingerprint density at radius 1 is 1.21 bits per heavy atom. The van der Waals surface area contributed by atoms with Crippen molar-refractivity contribution in [3.8, 4) is 5.75 Å². The third kappa shape index (κ3) is 3.70. The van der Waals surface area contributed by atoms with E-state index in [1.807, 2.05) is 18.2 Å². The predicted octanol–water partition coefficient (Wildman–Crippen LogP) is 2.43. The van der Waals surface area contributed by atoms with Gasteiger partial charge in [0.25, 0.3) is 5.91 Å². The van der Waals surface area contributed by atoms with Crippen LogP contribution in [0, 0.1) is 5.82 Å². The van der Waals surface area contributed by atoms with Crippen LogP contribution >= 0.6 is 0 Å². The molecule has 4 nitrogen and oxygen atoms in total. The van der Waals surface area contributed by atoms with Crippen LogP contribution in [0.2, 0.25) is 0 Å². The molecule has 2 rings (SSSR count). The van der Waals surface area contributed by atoms with Crippen molar-refractivity contribution >= 4 is 17.3 Å². The topological polar surface area (TPSA) is 64.3 Å². The summed E-state index contributed by atoms with van der Waals surface area (Å²) >= 11 is 0. The largest absolute Gasteiger partial charge is 0.484 e. The molecule has 0 aliphatic heterocycles. The first-order valence-corrected chi connectivity index (χ1v) is 5.68. The number of anilines is 2. The smallest absolute Gasteiger partial charge is 0.262 e. The molecule has 0 unspecified atom stereocenters. The molecule has 0 saturated heterocycles. The van der Waals surface area contributed by atoms with Crippen LogP contribution in [0.4, 0.5) is 15.8 Å². The minimum atomic E-state index is -0.448. The van der Waals surface area contributed by atoms with Gasteiger partial charge in [-0.2, -0.15) is 0 Å². The number of carbonyl (C=O) groups excluding carboxylic acids is 1. The maximum absolute atomic E-state index is 12.8. The van der Waals surface area contributed by atoms with E-state index >= 15 is 0 Å². The van der Waals surface area contributed by atoms with Crippen LogP contribution in [0.1, 0.15) is 0 Å². The number of nitrogens with two attached hydrogens (primary N) is 1. The van der Waals surface area contributed by atoms with Crippen LogP contribution < -0.4 is 15.8 Å². The van der Waals surface area contributed by atoms with Crippen molar-refractivity contribution in [1.29, 1.82) is 0 Å². The number of nitrogen functional groups attached to an aromatic ring is 1. The van der Waals surface area contributed by atoms with E-state index in [1.165, 1.54) is 12.1 Å². The second-order valence-corrected chi connectivity index (χ2v) is 3.88. The number of carbonyl (C=O) groups is 1. The first-order valence-electron chi connectivity index (χ1n) is 5.68. The molecule has 2 aromatic carbocycles. The summed E-state index contributed by atoms with van der Waals surface area (Å²) in [7, 11) is 0. The number of rotatable bonds is 4. The van der Waals surface area contributed by atoms with Gasteiger partial charge in [-0.05, 0) is 30.3 Å². The standard InChI is InChI=1S/C14H13FN2O2/c15-10-6-7-13(12(16)8-10)17-14(18)9-19-11-4-2-1-3-5-11/h1-8H,9,16H2,(H,17,18). The average Bonchev–Trinajstić information content (AvgIpc) is 2.41. The van der Waals surface area contributed by atoms with Gasteiger partial charge in [-0.25, -0.2) is 4.39 Å². The molecular weight excluding hydrogens is 247 g/mol. The van der Waals surface area contributed by atoms with Gasteiger partial charge in [-0.1, -0.05) is 18.2 Å². The lowest BCUT2D eigenvalue weighted by Crippen LogP contribution is -2.20. The monoisotopic (exact) mass is 260 g/mol. The molecule has 0 aliphatic carbocycles. The van der Waals surface area contributed by atoms with Gasteiger partial charge in [0.15, 0.2) is 6.61 Å². The summed E-state index contributed by atoms with van der Waals surface area (Å²) in [5.41, 5.74) is 6.12. The molecular formula is C14H13FN2O2. The van der Waals surface area contributed by atoms with E-state index in [0.29, 0.717) is 11.4 Å². The Morgan fingerprint density at radius 2 is 1.95 bits per heavy atom. The number of hydrogen-bond acceptors (Lipinski definition) is 3. The molecule has 0 bridgehead atoms. The molecule has 0 radical (unpaired) electrons. The summed E-state index contributed by atoms with van der Waals surface area (Å²) in [6, 6.07) is 12.8. The molecule has 0 heterocycles. The third-order valence-electron chi connectivity index (χ3n) is 2.40. The quantitative estimate of drug-likeness (QED) is 0.830. The molecule has 2 aromatic rings. The van der Waals surface area contributed by atoms with Crippen LogP contribution in [-0.2, 0) is 4.79 Å². The molecule has 0 fully saturated rings. The Kier molecular flexibility index (Phi) is 3.97.